The van der Waals surface area contributed by atoms with Gasteiger partial charge in [0, 0.05) is 5.69 Å². The number of primary amides is 1. The first-order valence-corrected chi connectivity index (χ1v) is 4.29. The van der Waals surface area contributed by atoms with Crippen LogP contribution in [-0.4, -0.2) is 10.9 Å². The lowest BCUT2D eigenvalue weighted by atomic mass is 10.0. The minimum absolute atomic E-state index is 0.274. The van der Waals surface area contributed by atoms with Crippen LogP contribution in [0.4, 0.5) is 0 Å². The number of nitrogens with zero attached hydrogens (tertiary/aromatic N) is 1. The van der Waals surface area contributed by atoms with Crippen LogP contribution < -0.4 is 5.73 Å². The monoisotopic (exact) mass is 178 g/mol. The van der Waals surface area contributed by atoms with Gasteiger partial charge < -0.3 is 5.73 Å². The van der Waals surface area contributed by atoms with Crippen molar-refractivity contribution in [2.75, 3.05) is 0 Å². The van der Waals surface area contributed by atoms with Gasteiger partial charge in [-0.25, -0.2) is 4.98 Å². The third kappa shape index (κ3) is 2.05. The molecule has 1 aromatic heterocycles. The molecule has 1 rings (SSSR count). The van der Waals surface area contributed by atoms with Gasteiger partial charge in [0.1, 0.15) is 5.69 Å². The Bertz CT molecular complexity index is 332. The molecule has 3 heteroatoms. The van der Waals surface area contributed by atoms with Crippen molar-refractivity contribution in [3.63, 3.8) is 0 Å². The first-order chi connectivity index (χ1) is 6.02. The summed E-state index contributed by atoms with van der Waals surface area (Å²) >= 11 is 0. The maximum absolute atomic E-state index is 11.0. The Kier molecular flexibility index (Phi) is 2.66. The minimum Gasteiger partial charge on any atom is -0.364 e. The Labute approximate surface area is 78.0 Å². The summed E-state index contributed by atoms with van der Waals surface area (Å²) in [5, 5.41) is 0. The molecule has 0 unspecified atom stereocenters. The molecule has 0 aliphatic heterocycles. The normalized spacial score (nSPS) is 10.5. The third-order valence-corrected chi connectivity index (χ3v) is 1.92. The molecular weight excluding hydrogens is 164 g/mol. The van der Waals surface area contributed by atoms with Gasteiger partial charge in [0.05, 0.1) is 0 Å². The van der Waals surface area contributed by atoms with Crippen molar-refractivity contribution < 1.29 is 4.79 Å². The van der Waals surface area contributed by atoms with Crippen molar-refractivity contribution in [3.8, 4) is 0 Å². The highest BCUT2D eigenvalue weighted by Gasteiger charge is 2.12. The molecule has 0 spiro atoms. The SMILES string of the molecule is Cc1ccc(C(C)C)c(C(N)=O)n1. The van der Waals surface area contributed by atoms with E-state index < -0.39 is 5.91 Å². The molecule has 0 aromatic carbocycles. The van der Waals surface area contributed by atoms with Gasteiger partial charge >= 0.3 is 0 Å². The lowest BCUT2D eigenvalue weighted by molar-refractivity contribution is 0.0994. The Balaban J connectivity index is 3.27. The summed E-state index contributed by atoms with van der Waals surface area (Å²) in [5.41, 5.74) is 7.35. The molecule has 0 saturated heterocycles. The second-order valence-corrected chi connectivity index (χ2v) is 3.41. The molecule has 13 heavy (non-hydrogen) atoms. The summed E-state index contributed by atoms with van der Waals surface area (Å²) < 4.78 is 0. The van der Waals surface area contributed by atoms with Gasteiger partial charge in [-0.1, -0.05) is 19.9 Å². The molecule has 1 heterocycles. The maximum Gasteiger partial charge on any atom is 0.267 e. The van der Waals surface area contributed by atoms with Gasteiger partial charge in [0.15, 0.2) is 0 Å². The zero-order valence-electron chi connectivity index (χ0n) is 8.16. The molecule has 3 nitrogen and oxygen atoms in total. The van der Waals surface area contributed by atoms with E-state index in [0.717, 1.165) is 11.3 Å². The van der Waals surface area contributed by atoms with Gasteiger partial charge in [0.25, 0.3) is 5.91 Å². The van der Waals surface area contributed by atoms with E-state index in [-0.39, 0.29) is 5.92 Å². The molecule has 0 saturated carbocycles. The number of amides is 1. The van der Waals surface area contributed by atoms with Crippen LogP contribution in [0.3, 0.4) is 0 Å². The van der Waals surface area contributed by atoms with Crippen molar-refractivity contribution in [1.82, 2.24) is 4.98 Å². The van der Waals surface area contributed by atoms with Crippen LogP contribution >= 0.6 is 0 Å². The fourth-order valence-corrected chi connectivity index (χ4v) is 1.23. The van der Waals surface area contributed by atoms with Crippen LogP contribution in [0.5, 0.6) is 0 Å². The summed E-state index contributed by atoms with van der Waals surface area (Å²) in [6.45, 7) is 5.87. The highest BCUT2D eigenvalue weighted by atomic mass is 16.1. The number of hydrogen-bond donors (Lipinski definition) is 1. The first kappa shape index (κ1) is 9.71. The van der Waals surface area contributed by atoms with E-state index in [1.807, 2.05) is 32.9 Å². The molecule has 1 aromatic rings. The van der Waals surface area contributed by atoms with Crippen LogP contribution in [0.1, 0.15) is 41.5 Å². The smallest absolute Gasteiger partial charge is 0.267 e. The van der Waals surface area contributed by atoms with Crippen LogP contribution in [-0.2, 0) is 0 Å². The molecule has 0 atom stereocenters. The van der Waals surface area contributed by atoms with Gasteiger partial charge in [-0.2, -0.15) is 0 Å². The predicted molar refractivity (Wildman–Crippen MR) is 51.6 cm³/mol. The largest absolute Gasteiger partial charge is 0.364 e. The molecule has 0 radical (unpaired) electrons. The molecule has 0 aliphatic rings. The lowest BCUT2D eigenvalue weighted by Gasteiger charge is -2.09. The van der Waals surface area contributed by atoms with Gasteiger partial charge in [-0.15, -0.1) is 0 Å². The Morgan fingerprint density at radius 3 is 2.54 bits per heavy atom. The second kappa shape index (κ2) is 3.56. The van der Waals surface area contributed by atoms with Gasteiger partial charge in [0.2, 0.25) is 0 Å². The number of hydrogen-bond acceptors (Lipinski definition) is 2. The summed E-state index contributed by atoms with van der Waals surface area (Å²) in [4.78, 5) is 15.2. The fourth-order valence-electron chi connectivity index (χ4n) is 1.23. The van der Waals surface area contributed by atoms with Crippen molar-refractivity contribution >= 4 is 5.91 Å². The van der Waals surface area contributed by atoms with E-state index in [4.69, 9.17) is 5.73 Å². The quantitative estimate of drug-likeness (QED) is 0.748. The van der Waals surface area contributed by atoms with Crippen molar-refractivity contribution in [3.05, 3.63) is 29.1 Å². The molecule has 1 amide bonds. The van der Waals surface area contributed by atoms with Crippen LogP contribution in [0, 0.1) is 6.92 Å². The molecule has 0 fully saturated rings. The Morgan fingerprint density at radius 2 is 2.08 bits per heavy atom. The van der Waals surface area contributed by atoms with E-state index in [0.29, 0.717) is 5.69 Å². The Morgan fingerprint density at radius 1 is 1.46 bits per heavy atom. The van der Waals surface area contributed by atoms with E-state index in [1.165, 1.54) is 0 Å². The molecule has 2 N–H and O–H groups in total. The van der Waals surface area contributed by atoms with Gasteiger partial charge in [-0.3, -0.25) is 4.79 Å². The summed E-state index contributed by atoms with van der Waals surface area (Å²) in [6, 6.07) is 3.80. The maximum atomic E-state index is 11.0. The molecule has 70 valence electrons. The molecular formula is C10H14N2O. The zero-order valence-corrected chi connectivity index (χ0v) is 8.16. The van der Waals surface area contributed by atoms with Gasteiger partial charge in [-0.05, 0) is 24.5 Å². The number of nitrogens with two attached hydrogens (primary N) is 1. The van der Waals surface area contributed by atoms with E-state index in [2.05, 4.69) is 4.98 Å². The highest BCUT2D eigenvalue weighted by Crippen LogP contribution is 2.17. The number of carbonyl (C=O) groups is 1. The van der Waals surface area contributed by atoms with E-state index in [1.54, 1.807) is 0 Å². The number of aromatic nitrogens is 1. The zero-order chi connectivity index (χ0) is 10.0. The summed E-state index contributed by atoms with van der Waals surface area (Å²) in [7, 11) is 0. The lowest BCUT2D eigenvalue weighted by Crippen LogP contribution is -2.17. The summed E-state index contributed by atoms with van der Waals surface area (Å²) in [6.07, 6.45) is 0. The number of carbonyl (C=O) groups excluding carboxylic acids is 1. The Hall–Kier alpha value is -1.38. The number of rotatable bonds is 2. The van der Waals surface area contributed by atoms with Crippen molar-refractivity contribution in [1.29, 1.82) is 0 Å². The minimum atomic E-state index is -0.451. The topological polar surface area (TPSA) is 56.0 Å². The standard InChI is InChI=1S/C10H14N2O/c1-6(2)8-5-4-7(3)12-9(8)10(11)13/h4-6H,1-3H3,(H2,11,13). The number of aryl methyl sites for hydroxylation is 1. The summed E-state index contributed by atoms with van der Waals surface area (Å²) in [5.74, 6) is -0.178. The van der Waals surface area contributed by atoms with Crippen molar-refractivity contribution in [2.45, 2.75) is 26.7 Å². The average molecular weight is 178 g/mol. The highest BCUT2D eigenvalue weighted by molar-refractivity contribution is 5.92. The molecule has 0 bridgehead atoms. The van der Waals surface area contributed by atoms with Crippen LogP contribution in [0.2, 0.25) is 0 Å². The van der Waals surface area contributed by atoms with Crippen molar-refractivity contribution in [2.24, 2.45) is 5.73 Å². The van der Waals surface area contributed by atoms with Crippen LogP contribution in [0.15, 0.2) is 12.1 Å². The predicted octanol–water partition coefficient (Wildman–Crippen LogP) is 1.61. The number of pyridine rings is 1. The average Bonchev–Trinajstić information content (AvgIpc) is 2.03. The second-order valence-electron chi connectivity index (χ2n) is 3.41. The third-order valence-electron chi connectivity index (χ3n) is 1.92. The van der Waals surface area contributed by atoms with E-state index in [9.17, 15) is 4.79 Å². The van der Waals surface area contributed by atoms with E-state index >= 15 is 0 Å². The fraction of sp³-hybridized carbons (Fsp3) is 0.400. The first-order valence-electron chi connectivity index (χ1n) is 4.29. The van der Waals surface area contributed by atoms with Crippen LogP contribution in [0.25, 0.3) is 0 Å². The molecule has 0 aliphatic carbocycles.